The van der Waals surface area contributed by atoms with E-state index in [2.05, 4.69) is 0 Å². The third kappa shape index (κ3) is 3.05. The molecule has 2 aliphatic heterocycles. The molecule has 144 valence electrons. The minimum atomic E-state index is -0.975. The van der Waals surface area contributed by atoms with Crippen molar-refractivity contribution in [2.24, 2.45) is 5.92 Å². The zero-order valence-corrected chi connectivity index (χ0v) is 16.0. The summed E-state index contributed by atoms with van der Waals surface area (Å²) in [5, 5.41) is 30.9. The van der Waals surface area contributed by atoms with E-state index in [-0.39, 0.29) is 46.7 Å². The van der Waals surface area contributed by atoms with Gasteiger partial charge in [-0.3, -0.25) is 4.79 Å². The van der Waals surface area contributed by atoms with Crippen molar-refractivity contribution >= 4 is 5.78 Å². The van der Waals surface area contributed by atoms with Crippen LogP contribution in [-0.4, -0.2) is 44.5 Å². The lowest BCUT2D eigenvalue weighted by atomic mass is 9.79. The van der Waals surface area contributed by atoms with Gasteiger partial charge in [-0.15, -0.1) is 0 Å². The van der Waals surface area contributed by atoms with Crippen molar-refractivity contribution in [1.82, 2.24) is 0 Å². The largest absolute Gasteiger partial charge is 0.507 e. The first kappa shape index (κ1) is 19.0. The second-order valence-corrected chi connectivity index (χ2v) is 8.54. The number of benzene rings is 1. The van der Waals surface area contributed by atoms with Crippen LogP contribution in [0.1, 0.15) is 63.4 Å². The number of phenols is 2. The molecule has 0 radical (unpaired) electrons. The van der Waals surface area contributed by atoms with Crippen LogP contribution in [0, 0.1) is 5.92 Å². The summed E-state index contributed by atoms with van der Waals surface area (Å²) >= 11 is 0. The van der Waals surface area contributed by atoms with Gasteiger partial charge >= 0.3 is 0 Å². The second-order valence-electron chi connectivity index (χ2n) is 8.54. The molecule has 0 unspecified atom stereocenters. The van der Waals surface area contributed by atoms with Crippen LogP contribution in [0.3, 0.4) is 0 Å². The van der Waals surface area contributed by atoms with Crippen LogP contribution in [0.4, 0.5) is 0 Å². The number of aromatic hydroxyl groups is 2. The monoisotopic (exact) mass is 364 g/mol. The molecule has 3 atom stereocenters. The number of carbonyl (C=O) groups excluding carboxylic acids is 1. The van der Waals surface area contributed by atoms with Crippen molar-refractivity contribution in [3.05, 3.63) is 17.2 Å². The lowest BCUT2D eigenvalue weighted by molar-refractivity contribution is -0.206. The summed E-state index contributed by atoms with van der Waals surface area (Å²) < 4.78 is 12.3. The van der Waals surface area contributed by atoms with Crippen LogP contribution in [0.5, 0.6) is 17.2 Å². The van der Waals surface area contributed by atoms with Crippen LogP contribution in [-0.2, 0) is 11.2 Å². The summed E-state index contributed by atoms with van der Waals surface area (Å²) in [6, 6.07) is 1.19. The molecule has 3 N–H and O–H groups in total. The molecular formula is C20H28O6. The third-order valence-electron chi connectivity index (χ3n) is 5.54. The summed E-state index contributed by atoms with van der Waals surface area (Å²) in [4.78, 5) is 12.6. The van der Waals surface area contributed by atoms with E-state index in [1.807, 2.05) is 6.92 Å². The Morgan fingerprint density at radius 3 is 2.54 bits per heavy atom. The molecule has 1 fully saturated rings. The van der Waals surface area contributed by atoms with Crippen molar-refractivity contribution < 1.29 is 29.6 Å². The average Bonchev–Trinajstić information content (AvgIpc) is 2.51. The van der Waals surface area contributed by atoms with E-state index in [1.165, 1.54) is 6.07 Å². The molecule has 0 aliphatic carbocycles. The lowest BCUT2D eigenvalue weighted by Crippen LogP contribution is -2.58. The molecule has 0 spiro atoms. The number of carbonyl (C=O) groups is 1. The number of hydrogen-bond acceptors (Lipinski definition) is 6. The van der Waals surface area contributed by atoms with Crippen molar-refractivity contribution in [2.75, 3.05) is 0 Å². The SMILES string of the molecule is CC(C)C(=O)c1c(O)cc(O)c2c1O[C@@]1(C)CC[C@H](C(C)(C)O)O[C@H]1C2. The molecule has 6 nitrogen and oxygen atoms in total. The fraction of sp³-hybridized carbons (Fsp3) is 0.650. The minimum absolute atomic E-state index is 0.117. The molecule has 6 heteroatoms. The van der Waals surface area contributed by atoms with Crippen LogP contribution in [0.2, 0.25) is 0 Å². The van der Waals surface area contributed by atoms with Crippen LogP contribution < -0.4 is 4.74 Å². The Balaban J connectivity index is 2.05. The summed E-state index contributed by atoms with van der Waals surface area (Å²) in [7, 11) is 0. The molecule has 1 saturated heterocycles. The normalized spacial score (nSPS) is 28.3. The van der Waals surface area contributed by atoms with Gasteiger partial charge in [0.1, 0.15) is 34.5 Å². The fourth-order valence-electron chi connectivity index (χ4n) is 3.82. The number of phenolic OH excluding ortho intramolecular Hbond substituents is 2. The Morgan fingerprint density at radius 2 is 1.96 bits per heavy atom. The minimum Gasteiger partial charge on any atom is -0.507 e. The highest BCUT2D eigenvalue weighted by molar-refractivity contribution is 6.03. The maximum Gasteiger partial charge on any atom is 0.172 e. The first-order valence-electron chi connectivity index (χ1n) is 9.13. The van der Waals surface area contributed by atoms with Gasteiger partial charge in [0.15, 0.2) is 5.78 Å². The summed E-state index contributed by atoms with van der Waals surface area (Å²) in [6.45, 7) is 8.85. The predicted octanol–water partition coefficient (Wildman–Crippen LogP) is 2.95. The maximum absolute atomic E-state index is 12.6. The zero-order chi connectivity index (χ0) is 19.4. The van der Waals surface area contributed by atoms with Gasteiger partial charge in [0.05, 0.1) is 11.7 Å². The number of aliphatic hydroxyl groups is 1. The molecule has 0 aromatic heterocycles. The first-order valence-corrected chi connectivity index (χ1v) is 9.13. The van der Waals surface area contributed by atoms with Gasteiger partial charge < -0.3 is 24.8 Å². The number of rotatable bonds is 3. The number of ketones is 1. The van der Waals surface area contributed by atoms with Gasteiger partial charge in [-0.05, 0) is 33.6 Å². The molecule has 0 bridgehead atoms. The lowest BCUT2D eigenvalue weighted by Gasteiger charge is -2.49. The van der Waals surface area contributed by atoms with E-state index in [9.17, 15) is 20.1 Å². The van der Waals surface area contributed by atoms with Gasteiger partial charge in [0, 0.05) is 24.0 Å². The van der Waals surface area contributed by atoms with E-state index >= 15 is 0 Å². The Bertz CT molecular complexity index is 733. The number of ether oxygens (including phenoxy) is 2. The molecule has 3 rings (SSSR count). The van der Waals surface area contributed by atoms with E-state index in [0.717, 1.165) is 0 Å². The number of hydrogen-bond donors (Lipinski definition) is 3. The van der Waals surface area contributed by atoms with Gasteiger partial charge in [0.25, 0.3) is 0 Å². The molecule has 26 heavy (non-hydrogen) atoms. The molecule has 1 aromatic rings. The fourth-order valence-corrected chi connectivity index (χ4v) is 3.82. The highest BCUT2D eigenvalue weighted by Crippen LogP contribution is 2.49. The van der Waals surface area contributed by atoms with Gasteiger partial charge in [-0.2, -0.15) is 0 Å². The topological polar surface area (TPSA) is 96.2 Å². The Hall–Kier alpha value is -1.79. The van der Waals surface area contributed by atoms with Gasteiger partial charge in [-0.1, -0.05) is 13.8 Å². The smallest absolute Gasteiger partial charge is 0.172 e. The van der Waals surface area contributed by atoms with Gasteiger partial charge in [-0.25, -0.2) is 0 Å². The zero-order valence-electron chi connectivity index (χ0n) is 16.0. The van der Waals surface area contributed by atoms with Crippen molar-refractivity contribution in [3.63, 3.8) is 0 Å². The standard InChI is InChI=1S/C20H28O6/c1-10(2)17(23)16-13(22)9-12(21)11-8-15-20(5,26-18(11)16)7-6-14(25-15)19(3,4)24/h9-10,14-15,21-22,24H,6-8H2,1-5H3/t14-,15+,20+/m1/s1. The Labute approximate surface area is 153 Å². The Kier molecular flexibility index (Phi) is 4.48. The molecule has 0 amide bonds. The van der Waals surface area contributed by atoms with Crippen LogP contribution >= 0.6 is 0 Å². The van der Waals surface area contributed by atoms with E-state index in [0.29, 0.717) is 24.8 Å². The van der Waals surface area contributed by atoms with E-state index in [4.69, 9.17) is 9.47 Å². The highest BCUT2D eigenvalue weighted by Gasteiger charge is 2.50. The van der Waals surface area contributed by atoms with Gasteiger partial charge in [0.2, 0.25) is 0 Å². The molecule has 0 saturated carbocycles. The van der Waals surface area contributed by atoms with Crippen LogP contribution in [0.15, 0.2) is 6.07 Å². The van der Waals surface area contributed by atoms with Crippen molar-refractivity contribution in [3.8, 4) is 17.2 Å². The number of fused-ring (bicyclic) bond motifs is 2. The number of Topliss-reactive ketones (excluding diaryl/α,β-unsaturated/α-hetero) is 1. The van der Waals surface area contributed by atoms with Crippen molar-refractivity contribution in [1.29, 1.82) is 0 Å². The molecule has 2 heterocycles. The maximum atomic E-state index is 12.6. The summed E-state index contributed by atoms with van der Waals surface area (Å²) in [5.74, 6) is -0.676. The molecule has 2 aliphatic rings. The summed E-state index contributed by atoms with van der Waals surface area (Å²) in [6.07, 6.45) is 0.907. The molecular weight excluding hydrogens is 336 g/mol. The average molecular weight is 364 g/mol. The Morgan fingerprint density at radius 1 is 1.31 bits per heavy atom. The third-order valence-corrected chi connectivity index (χ3v) is 5.54. The van der Waals surface area contributed by atoms with Crippen molar-refractivity contribution in [2.45, 2.75) is 77.3 Å². The second kappa shape index (κ2) is 6.13. The summed E-state index contributed by atoms with van der Waals surface area (Å²) in [5.41, 5.74) is -1.08. The molecule has 1 aromatic carbocycles. The predicted molar refractivity (Wildman–Crippen MR) is 95.9 cm³/mol. The van der Waals surface area contributed by atoms with E-state index < -0.39 is 11.2 Å². The van der Waals surface area contributed by atoms with Crippen LogP contribution in [0.25, 0.3) is 0 Å². The highest BCUT2D eigenvalue weighted by atomic mass is 16.6. The quantitative estimate of drug-likeness (QED) is 0.714. The first-order chi connectivity index (χ1) is 11.9. The van der Waals surface area contributed by atoms with E-state index in [1.54, 1.807) is 27.7 Å².